The number of carboxylic acids is 3. The number of unbranched alkanes of at least 4 members (excludes halogenated alkanes) is 2. The van der Waals surface area contributed by atoms with Gasteiger partial charge >= 0.3 is 17.9 Å². The Hall–Kier alpha value is -10.7. The number of H-pyrrole nitrogens is 2. The molecule has 11 amide bonds. The quantitative estimate of drug-likeness (QED) is 0.0142. The molecule has 12 atom stereocenters. The number of aromatic amines is 2. The van der Waals surface area contributed by atoms with Crippen LogP contribution in [-0.4, -0.2) is 228 Å². The van der Waals surface area contributed by atoms with E-state index in [0.29, 0.717) is 36.2 Å². The minimum atomic E-state index is -1.89. The fourth-order valence-corrected chi connectivity index (χ4v) is 9.78. The Morgan fingerprint density at radius 2 is 0.871 bits per heavy atom. The molecule has 1 aromatic carbocycles. The summed E-state index contributed by atoms with van der Waals surface area (Å²) >= 11 is 0. The number of nitrogens with two attached hydrogens (primary N) is 5. The summed E-state index contributed by atoms with van der Waals surface area (Å²) in [5.74, 6) is -16.1. The van der Waals surface area contributed by atoms with Gasteiger partial charge in [0, 0.05) is 56.0 Å². The number of aliphatic hydroxyl groups is 1. The van der Waals surface area contributed by atoms with E-state index in [-0.39, 0.29) is 77.0 Å². The van der Waals surface area contributed by atoms with Gasteiger partial charge in [0.05, 0.1) is 31.7 Å². The first-order chi connectivity index (χ1) is 47.9. The van der Waals surface area contributed by atoms with Crippen molar-refractivity contribution in [1.82, 2.24) is 78.4 Å². The van der Waals surface area contributed by atoms with Gasteiger partial charge < -0.3 is 118 Å². The van der Waals surface area contributed by atoms with E-state index in [1.165, 1.54) is 52.7 Å². The number of carboxylic acid groups (broad SMARTS) is 3. The number of rotatable bonds is 48. The first-order valence-electron chi connectivity index (χ1n) is 32.7. The van der Waals surface area contributed by atoms with Crippen LogP contribution in [0.4, 0.5) is 0 Å². The molecule has 2 aromatic heterocycles. The van der Waals surface area contributed by atoms with Gasteiger partial charge in [0.2, 0.25) is 65.0 Å². The lowest BCUT2D eigenvalue weighted by Crippen LogP contribution is -2.61. The summed E-state index contributed by atoms with van der Waals surface area (Å²) in [4.78, 5) is 206. The van der Waals surface area contributed by atoms with Crippen LogP contribution in [0, 0.1) is 5.92 Å². The number of aliphatic hydroxyl groups excluding tert-OH is 1. The highest BCUT2D eigenvalue weighted by atomic mass is 16.4. The first-order valence-corrected chi connectivity index (χ1v) is 32.7. The molecule has 101 heavy (non-hydrogen) atoms. The third kappa shape index (κ3) is 31.4. The highest BCUT2D eigenvalue weighted by Gasteiger charge is 2.37. The molecular formula is C62H97N21O18. The normalized spacial score (nSPS) is 14.6. The Bertz CT molecular complexity index is 3250. The van der Waals surface area contributed by atoms with Crippen LogP contribution in [0.3, 0.4) is 0 Å². The number of nitrogens with zero attached hydrogens (tertiary/aromatic N) is 3. The molecule has 0 spiro atoms. The second kappa shape index (κ2) is 44.4. The molecule has 0 saturated heterocycles. The number of benzene rings is 1. The van der Waals surface area contributed by atoms with Crippen molar-refractivity contribution in [3.05, 3.63) is 72.3 Å². The van der Waals surface area contributed by atoms with Crippen molar-refractivity contribution in [2.24, 2.45) is 39.6 Å². The van der Waals surface area contributed by atoms with Crippen LogP contribution in [0.1, 0.15) is 115 Å². The van der Waals surface area contributed by atoms with E-state index >= 15 is 0 Å². The molecule has 0 aliphatic rings. The van der Waals surface area contributed by atoms with Crippen molar-refractivity contribution < 1.29 is 87.5 Å². The monoisotopic (exact) mass is 1420 g/mol. The molecule has 0 saturated carbocycles. The summed E-state index contributed by atoms with van der Waals surface area (Å²) in [6.07, 6.45) is 3.78. The number of amides is 11. The highest BCUT2D eigenvalue weighted by molar-refractivity contribution is 6.00. The fourth-order valence-electron chi connectivity index (χ4n) is 9.78. The maximum Gasteiger partial charge on any atom is 0.326 e. The van der Waals surface area contributed by atoms with Crippen LogP contribution < -0.4 is 87.2 Å². The number of guanidine groups is 1. The van der Waals surface area contributed by atoms with Crippen LogP contribution in [0.2, 0.25) is 0 Å². The summed E-state index contributed by atoms with van der Waals surface area (Å²) in [5, 5.41) is 66.3. The zero-order chi connectivity index (χ0) is 75.3. The lowest BCUT2D eigenvalue weighted by Gasteiger charge is -2.28. The highest BCUT2D eigenvalue weighted by Crippen LogP contribution is 2.13. The zero-order valence-electron chi connectivity index (χ0n) is 56.7. The van der Waals surface area contributed by atoms with E-state index in [4.69, 9.17) is 33.8 Å². The van der Waals surface area contributed by atoms with E-state index < -0.39 is 187 Å². The molecule has 27 N–H and O–H groups in total. The molecule has 2 heterocycles. The zero-order valence-corrected chi connectivity index (χ0v) is 56.7. The van der Waals surface area contributed by atoms with Crippen LogP contribution in [-0.2, 0) is 86.4 Å². The van der Waals surface area contributed by atoms with Gasteiger partial charge in [0.1, 0.15) is 66.5 Å². The van der Waals surface area contributed by atoms with Crippen molar-refractivity contribution in [1.29, 1.82) is 0 Å². The van der Waals surface area contributed by atoms with Gasteiger partial charge in [-0.15, -0.1) is 0 Å². The average molecular weight is 1420 g/mol. The van der Waals surface area contributed by atoms with Crippen molar-refractivity contribution in [3.8, 4) is 0 Å². The number of carbonyl (C=O) groups excluding carboxylic acids is 11. The second-order valence-electron chi connectivity index (χ2n) is 24.1. The molecule has 0 fully saturated rings. The number of imidazole rings is 2. The third-order valence-electron chi connectivity index (χ3n) is 15.4. The lowest BCUT2D eigenvalue weighted by atomic mass is 10.0. The van der Waals surface area contributed by atoms with Gasteiger partial charge in [-0.1, -0.05) is 44.2 Å². The molecule has 3 aromatic rings. The van der Waals surface area contributed by atoms with E-state index in [1.807, 2.05) is 0 Å². The van der Waals surface area contributed by atoms with Gasteiger partial charge in [0.25, 0.3) is 0 Å². The Kier molecular flexibility index (Phi) is 37.1. The summed E-state index contributed by atoms with van der Waals surface area (Å²) in [6, 6.07) is -9.77. The number of nitrogens with one attached hydrogen (secondary N) is 13. The van der Waals surface area contributed by atoms with E-state index in [2.05, 4.69) is 83.4 Å². The van der Waals surface area contributed by atoms with Crippen LogP contribution in [0.15, 0.2) is 60.4 Å². The van der Waals surface area contributed by atoms with Crippen LogP contribution >= 0.6 is 0 Å². The number of aliphatic carboxylic acids is 3. The molecule has 0 aliphatic heterocycles. The number of hydrogen-bond acceptors (Lipinski definition) is 21. The predicted molar refractivity (Wildman–Crippen MR) is 360 cm³/mol. The molecule has 0 aliphatic carbocycles. The summed E-state index contributed by atoms with van der Waals surface area (Å²) in [7, 11) is 0. The summed E-state index contributed by atoms with van der Waals surface area (Å²) < 4.78 is 0. The van der Waals surface area contributed by atoms with Crippen molar-refractivity contribution in [2.75, 3.05) is 26.2 Å². The Balaban J connectivity index is 1.85. The maximum absolute atomic E-state index is 14.5. The van der Waals surface area contributed by atoms with Crippen LogP contribution in [0.5, 0.6) is 0 Å². The minimum Gasteiger partial charge on any atom is -0.481 e. The van der Waals surface area contributed by atoms with E-state index in [9.17, 15) is 82.4 Å². The SMILES string of the molecule is CC(C)[C@H](NC(=O)[C@H](CCC(=O)O)NC(=O)[C@H](CO)NC(=O)[C@H](CCCCN)NC(=O)[C@H](Cc1cnc[nH]1)NC(=O)[C@H](C)NC(=O)[C@@H](N)CC(=O)O)C(=O)N[C@@H](C)C(=O)N[C@@H](Cc1cnc[nH]1)C(=O)N[C@@H](CCCN=C(N)N)C(=O)N[C@@H](Cc1ccccc1)C(=O)N[C@@H](CCCCN)C(=O)O. The van der Waals surface area contributed by atoms with Gasteiger partial charge in [-0.3, -0.25) is 67.3 Å². The molecule has 3 rings (SSSR count). The molecule has 558 valence electrons. The molecule has 0 bridgehead atoms. The standard InChI is InChI=1S/C62H97N21O18/c1-32(2)49(83-55(94)41(18-19-47(85)86)77-59(98)46(29-84)82-54(93)39(15-8-10-20-63)75-57(96)44(24-36-27-68-30-71-36)79-50(89)33(3)73-52(91)38(65)26-48(87)88)60(99)74-34(4)51(90)80-45(25-37-28-69-31-72-37)58(97)76-40(17-12-22-70-62(66)67)53(92)81-43(23-35-13-6-5-7-14-35)56(95)78-42(61(100)101)16-9-11-21-64/h5-7,13-14,27-28,30-34,38-46,49,84H,8-12,15-26,29,63-65H2,1-4H3,(H,68,71)(H,69,72)(H,73,91)(H,74,99)(H,75,96)(H,76,97)(H,77,98)(H,78,95)(H,79,89)(H,80,90)(H,81,92)(H,82,93)(H,83,94)(H,85,86)(H,87,88)(H,100,101)(H4,66,67,70)/t33-,34-,38-,39-,40-,41-,42-,43-,44-,45-,46-,49-/m0/s1. The van der Waals surface area contributed by atoms with Crippen molar-refractivity contribution in [3.63, 3.8) is 0 Å². The third-order valence-corrected chi connectivity index (χ3v) is 15.4. The number of aromatic nitrogens is 4. The number of carbonyl (C=O) groups is 14. The number of aliphatic imine (C=N–C) groups is 1. The minimum absolute atomic E-state index is 0.0140. The second-order valence-corrected chi connectivity index (χ2v) is 24.1. The average Bonchev–Trinajstić information content (AvgIpc) is 0.968. The van der Waals surface area contributed by atoms with Gasteiger partial charge in [0.15, 0.2) is 5.96 Å². The molecule has 39 nitrogen and oxygen atoms in total. The first kappa shape index (κ1) is 84.6. The summed E-state index contributed by atoms with van der Waals surface area (Å²) in [5.41, 5.74) is 29.2. The van der Waals surface area contributed by atoms with E-state index in [1.54, 1.807) is 30.3 Å². The summed E-state index contributed by atoms with van der Waals surface area (Å²) in [6.45, 7) is 4.77. The fraction of sp³-hybridized carbons (Fsp3) is 0.565. The largest absolute Gasteiger partial charge is 0.481 e. The Morgan fingerprint density at radius 1 is 0.465 bits per heavy atom. The Labute approximate surface area is 581 Å². The molecule has 0 radical (unpaired) electrons. The van der Waals surface area contributed by atoms with Gasteiger partial charge in [-0.2, -0.15) is 0 Å². The van der Waals surface area contributed by atoms with Crippen molar-refractivity contribution >= 4 is 88.8 Å². The topological polar surface area (TPSA) is 652 Å². The van der Waals surface area contributed by atoms with Gasteiger partial charge in [-0.25, -0.2) is 14.8 Å². The molecule has 39 heteroatoms. The predicted octanol–water partition coefficient (Wildman–Crippen LogP) is -6.76. The smallest absolute Gasteiger partial charge is 0.326 e. The molecular weight excluding hydrogens is 1330 g/mol. The van der Waals surface area contributed by atoms with Crippen molar-refractivity contribution in [2.45, 2.75) is 190 Å². The van der Waals surface area contributed by atoms with Gasteiger partial charge in [-0.05, 0) is 96.2 Å². The van der Waals surface area contributed by atoms with Crippen LogP contribution in [0.25, 0.3) is 0 Å². The molecule has 0 unspecified atom stereocenters. The lowest BCUT2D eigenvalue weighted by molar-refractivity contribution is -0.142. The van der Waals surface area contributed by atoms with E-state index in [0.717, 1.165) is 0 Å². The maximum atomic E-state index is 14.5. The number of hydrogen-bond donors (Lipinski definition) is 22. The Morgan fingerprint density at radius 3 is 1.31 bits per heavy atom.